The molecule has 0 saturated carbocycles. The quantitative estimate of drug-likeness (QED) is 0.661. The minimum Gasteiger partial charge on any atom is -0.383 e. The van der Waals surface area contributed by atoms with Crippen LogP contribution in [-0.4, -0.2) is 23.6 Å². The Bertz CT molecular complexity index is 296. The molecular weight excluding hydrogens is 256 g/mol. The number of hydrogen-bond donors (Lipinski definition) is 1. The first kappa shape index (κ1) is 12.2. The molecule has 0 spiro atoms. The molecule has 84 valence electrons. The Morgan fingerprint density at radius 1 is 1.40 bits per heavy atom. The predicted molar refractivity (Wildman–Crippen MR) is 66.9 cm³/mol. The number of nitrogens with zero attached hydrogens (tertiary/aromatic N) is 3. The molecule has 0 aliphatic carbocycles. The standard InChI is InChI=1S/C10H17BrN4/c1-3-4-5-6-15(2)10-13-8(11)7-9(12)14-10/h7H,3-6H2,1-2H3,(H2,12,13,14). The maximum absolute atomic E-state index is 5.64. The van der Waals surface area contributed by atoms with Gasteiger partial charge in [0.05, 0.1) is 0 Å². The highest BCUT2D eigenvalue weighted by Gasteiger charge is 2.05. The second kappa shape index (κ2) is 5.90. The van der Waals surface area contributed by atoms with Crippen LogP contribution in [0.5, 0.6) is 0 Å². The van der Waals surface area contributed by atoms with Crippen LogP contribution in [0.3, 0.4) is 0 Å². The van der Waals surface area contributed by atoms with E-state index >= 15 is 0 Å². The Morgan fingerprint density at radius 3 is 2.73 bits per heavy atom. The lowest BCUT2D eigenvalue weighted by Crippen LogP contribution is -2.21. The van der Waals surface area contributed by atoms with E-state index in [9.17, 15) is 0 Å². The molecule has 0 aromatic carbocycles. The van der Waals surface area contributed by atoms with E-state index in [4.69, 9.17) is 5.73 Å². The number of nitrogen functional groups attached to an aromatic ring is 1. The van der Waals surface area contributed by atoms with E-state index in [0.717, 1.165) is 17.6 Å². The Kier molecular flexibility index (Phi) is 4.81. The van der Waals surface area contributed by atoms with Gasteiger partial charge in [-0.2, -0.15) is 4.98 Å². The smallest absolute Gasteiger partial charge is 0.228 e. The van der Waals surface area contributed by atoms with Crippen LogP contribution in [-0.2, 0) is 0 Å². The van der Waals surface area contributed by atoms with Crippen molar-refractivity contribution >= 4 is 27.7 Å². The molecule has 0 aliphatic heterocycles. The summed E-state index contributed by atoms with van der Waals surface area (Å²) in [5.41, 5.74) is 5.64. The summed E-state index contributed by atoms with van der Waals surface area (Å²) >= 11 is 3.31. The highest BCUT2D eigenvalue weighted by molar-refractivity contribution is 9.10. The molecule has 0 radical (unpaired) electrons. The number of hydrogen-bond acceptors (Lipinski definition) is 4. The zero-order chi connectivity index (χ0) is 11.3. The zero-order valence-electron chi connectivity index (χ0n) is 9.20. The normalized spacial score (nSPS) is 10.3. The molecule has 15 heavy (non-hydrogen) atoms. The van der Waals surface area contributed by atoms with Gasteiger partial charge >= 0.3 is 0 Å². The third-order valence-electron chi connectivity index (χ3n) is 2.14. The summed E-state index contributed by atoms with van der Waals surface area (Å²) in [6.45, 7) is 3.15. The van der Waals surface area contributed by atoms with Crippen LogP contribution in [0.2, 0.25) is 0 Å². The van der Waals surface area contributed by atoms with Crippen molar-refractivity contribution in [2.24, 2.45) is 0 Å². The molecule has 1 aromatic rings. The molecule has 0 fully saturated rings. The number of anilines is 2. The molecule has 0 atom stereocenters. The van der Waals surface area contributed by atoms with Crippen molar-refractivity contribution in [3.8, 4) is 0 Å². The van der Waals surface area contributed by atoms with E-state index in [1.165, 1.54) is 12.8 Å². The lowest BCUT2D eigenvalue weighted by molar-refractivity contribution is 0.696. The Hall–Kier alpha value is -0.840. The molecule has 1 heterocycles. The van der Waals surface area contributed by atoms with Gasteiger partial charge in [0.2, 0.25) is 5.95 Å². The number of nitrogens with two attached hydrogens (primary N) is 1. The van der Waals surface area contributed by atoms with Crippen molar-refractivity contribution in [1.29, 1.82) is 0 Å². The molecule has 0 bridgehead atoms. The van der Waals surface area contributed by atoms with Gasteiger partial charge in [-0.1, -0.05) is 19.8 Å². The van der Waals surface area contributed by atoms with Crippen LogP contribution in [0.25, 0.3) is 0 Å². The highest BCUT2D eigenvalue weighted by Crippen LogP contribution is 2.15. The van der Waals surface area contributed by atoms with E-state index in [1.807, 2.05) is 11.9 Å². The van der Waals surface area contributed by atoms with Gasteiger partial charge < -0.3 is 10.6 Å². The van der Waals surface area contributed by atoms with Crippen LogP contribution in [0.15, 0.2) is 10.7 Å². The third kappa shape index (κ3) is 4.03. The summed E-state index contributed by atoms with van der Waals surface area (Å²) < 4.78 is 0.729. The maximum atomic E-state index is 5.64. The Labute approximate surface area is 99.0 Å². The summed E-state index contributed by atoms with van der Waals surface area (Å²) in [4.78, 5) is 10.5. The molecule has 0 unspecified atom stereocenters. The number of rotatable bonds is 5. The van der Waals surface area contributed by atoms with Crippen molar-refractivity contribution in [2.75, 3.05) is 24.2 Å². The summed E-state index contributed by atoms with van der Waals surface area (Å²) in [6.07, 6.45) is 3.60. The molecule has 1 rings (SSSR count). The maximum Gasteiger partial charge on any atom is 0.228 e. The predicted octanol–water partition coefficient (Wildman–Crippen LogP) is 2.45. The third-order valence-corrected chi connectivity index (χ3v) is 2.55. The van der Waals surface area contributed by atoms with Crippen molar-refractivity contribution in [3.63, 3.8) is 0 Å². The molecule has 5 heteroatoms. The van der Waals surface area contributed by atoms with Crippen LogP contribution < -0.4 is 10.6 Å². The van der Waals surface area contributed by atoms with Gasteiger partial charge in [0.25, 0.3) is 0 Å². The second-order valence-corrected chi connectivity index (χ2v) is 4.36. The topological polar surface area (TPSA) is 55.0 Å². The average molecular weight is 273 g/mol. The van der Waals surface area contributed by atoms with Gasteiger partial charge in [-0.25, -0.2) is 4.98 Å². The fourth-order valence-electron chi connectivity index (χ4n) is 1.29. The number of unbranched alkanes of at least 4 members (excludes halogenated alkanes) is 2. The van der Waals surface area contributed by atoms with Crippen LogP contribution in [0.1, 0.15) is 26.2 Å². The van der Waals surface area contributed by atoms with E-state index in [1.54, 1.807) is 6.07 Å². The zero-order valence-corrected chi connectivity index (χ0v) is 10.8. The largest absolute Gasteiger partial charge is 0.383 e. The van der Waals surface area contributed by atoms with Gasteiger partial charge in [-0.05, 0) is 22.4 Å². The monoisotopic (exact) mass is 272 g/mol. The fourth-order valence-corrected chi connectivity index (χ4v) is 1.69. The van der Waals surface area contributed by atoms with Crippen LogP contribution in [0.4, 0.5) is 11.8 Å². The average Bonchev–Trinajstić information content (AvgIpc) is 2.16. The van der Waals surface area contributed by atoms with Gasteiger partial charge in [0, 0.05) is 19.7 Å². The number of aromatic nitrogens is 2. The van der Waals surface area contributed by atoms with Crippen molar-refractivity contribution < 1.29 is 0 Å². The summed E-state index contributed by atoms with van der Waals surface area (Å²) in [6, 6.07) is 1.70. The van der Waals surface area contributed by atoms with Gasteiger partial charge in [0.15, 0.2) is 0 Å². The van der Waals surface area contributed by atoms with Crippen molar-refractivity contribution in [1.82, 2.24) is 9.97 Å². The summed E-state index contributed by atoms with van der Waals surface area (Å²) in [5, 5.41) is 0. The minimum absolute atomic E-state index is 0.495. The van der Waals surface area contributed by atoms with Gasteiger partial charge in [0.1, 0.15) is 10.4 Å². The first-order chi connectivity index (χ1) is 7.13. The van der Waals surface area contributed by atoms with E-state index < -0.39 is 0 Å². The molecule has 1 aromatic heterocycles. The fraction of sp³-hybridized carbons (Fsp3) is 0.600. The lowest BCUT2D eigenvalue weighted by Gasteiger charge is -2.16. The lowest BCUT2D eigenvalue weighted by atomic mass is 10.2. The Balaban J connectivity index is 2.60. The van der Waals surface area contributed by atoms with E-state index in [2.05, 4.69) is 32.8 Å². The first-order valence-electron chi connectivity index (χ1n) is 5.14. The molecular formula is C10H17BrN4. The molecule has 0 saturated heterocycles. The van der Waals surface area contributed by atoms with Crippen LogP contribution >= 0.6 is 15.9 Å². The van der Waals surface area contributed by atoms with E-state index in [0.29, 0.717) is 11.8 Å². The number of halogens is 1. The molecule has 0 amide bonds. The van der Waals surface area contributed by atoms with E-state index in [-0.39, 0.29) is 0 Å². The summed E-state index contributed by atoms with van der Waals surface area (Å²) in [7, 11) is 1.98. The van der Waals surface area contributed by atoms with Crippen molar-refractivity contribution in [2.45, 2.75) is 26.2 Å². The van der Waals surface area contributed by atoms with Gasteiger partial charge in [-0.15, -0.1) is 0 Å². The highest BCUT2D eigenvalue weighted by atomic mass is 79.9. The minimum atomic E-state index is 0.495. The molecule has 0 aliphatic rings. The molecule has 2 N–H and O–H groups in total. The first-order valence-corrected chi connectivity index (χ1v) is 5.94. The van der Waals surface area contributed by atoms with Gasteiger partial charge in [-0.3, -0.25) is 0 Å². The molecule has 4 nitrogen and oxygen atoms in total. The SMILES string of the molecule is CCCCCN(C)c1nc(N)cc(Br)n1. The second-order valence-electron chi connectivity index (χ2n) is 3.54. The summed E-state index contributed by atoms with van der Waals surface area (Å²) in [5.74, 6) is 1.17. The Morgan fingerprint density at radius 2 is 2.13 bits per heavy atom. The van der Waals surface area contributed by atoms with Crippen molar-refractivity contribution in [3.05, 3.63) is 10.7 Å². The van der Waals surface area contributed by atoms with Crippen LogP contribution in [0, 0.1) is 0 Å².